The average Bonchev–Trinajstić information content (AvgIpc) is 2.14. The third-order valence-corrected chi connectivity index (χ3v) is 4.71. The van der Waals surface area contributed by atoms with Crippen LogP contribution in [0, 0.1) is 0 Å². The largest absolute Gasteiger partial charge is 0.465 e. The number of carbonyl (C=O) groups excluding carboxylic acids is 1. The van der Waals surface area contributed by atoms with Gasteiger partial charge in [0.15, 0.2) is 9.84 Å². The van der Waals surface area contributed by atoms with Gasteiger partial charge in [0.2, 0.25) is 0 Å². The maximum absolute atomic E-state index is 11.6. The summed E-state index contributed by atoms with van der Waals surface area (Å²) >= 11 is 11.2. The fraction of sp³-hybridized carbons (Fsp3) is 0.889. The van der Waals surface area contributed by atoms with Gasteiger partial charge in [-0.25, -0.2) is 8.42 Å². The van der Waals surface area contributed by atoms with Crippen molar-refractivity contribution in [3.8, 4) is 0 Å². The van der Waals surface area contributed by atoms with Gasteiger partial charge in [-0.15, -0.1) is 3.94 Å². The Hall–Kier alpha value is -0.0400. The normalized spacial score (nSPS) is 12.8. The van der Waals surface area contributed by atoms with Crippen LogP contribution in [0.3, 0.4) is 0 Å². The molecule has 17 heavy (non-hydrogen) atoms. The van der Waals surface area contributed by atoms with Gasteiger partial charge >= 0.3 is 5.97 Å². The number of carbonyl (C=O) groups is 1. The van der Waals surface area contributed by atoms with Crippen molar-refractivity contribution in [3.05, 3.63) is 0 Å². The third kappa shape index (κ3) is 7.81. The number of halogens is 2. The molecular formula is C9H17Cl2NO4S. The predicted molar refractivity (Wildman–Crippen MR) is 67.5 cm³/mol. The molecule has 0 rings (SSSR count). The van der Waals surface area contributed by atoms with Crippen molar-refractivity contribution < 1.29 is 17.9 Å². The molecule has 0 saturated carbocycles. The highest BCUT2D eigenvalue weighted by Crippen LogP contribution is 2.24. The van der Waals surface area contributed by atoms with Crippen molar-refractivity contribution >= 4 is 39.4 Å². The topological polar surface area (TPSA) is 63.7 Å². The number of sulfone groups is 1. The molecule has 0 N–H and O–H groups in total. The predicted octanol–water partition coefficient (Wildman–Crippen LogP) is 1.74. The van der Waals surface area contributed by atoms with E-state index < -0.39 is 21.3 Å². The van der Waals surface area contributed by atoms with Crippen LogP contribution in [0.1, 0.15) is 27.2 Å². The van der Waals surface area contributed by atoms with Crippen molar-refractivity contribution in [2.45, 2.75) is 32.7 Å². The summed E-state index contributed by atoms with van der Waals surface area (Å²) in [5, 5.41) is 0. The van der Waals surface area contributed by atoms with Crippen LogP contribution in [0.2, 0.25) is 0 Å². The molecule has 0 aliphatic rings. The first kappa shape index (κ1) is 17.0. The molecule has 0 aliphatic carbocycles. The van der Waals surface area contributed by atoms with Gasteiger partial charge in [0.05, 0.1) is 11.5 Å². The molecule has 102 valence electrons. The second-order valence-electron chi connectivity index (χ2n) is 4.29. The molecule has 0 aromatic heterocycles. The van der Waals surface area contributed by atoms with E-state index in [9.17, 15) is 13.2 Å². The highest BCUT2D eigenvalue weighted by molar-refractivity contribution is 7.91. The van der Waals surface area contributed by atoms with Crippen LogP contribution in [0.4, 0.5) is 0 Å². The molecule has 8 heteroatoms. The Balaban J connectivity index is 4.15. The Bertz CT molecular complexity index is 354. The Labute approximate surface area is 112 Å². The maximum atomic E-state index is 11.6. The molecule has 0 aromatic carbocycles. The van der Waals surface area contributed by atoms with Gasteiger partial charge in [-0.1, -0.05) is 0 Å². The lowest BCUT2D eigenvalue weighted by Gasteiger charge is -2.27. The molecule has 5 nitrogen and oxygen atoms in total. The Morgan fingerprint density at radius 2 is 1.82 bits per heavy atom. The van der Waals surface area contributed by atoms with Gasteiger partial charge in [0, 0.05) is 12.5 Å². The number of rotatable bonds is 7. The first-order valence-electron chi connectivity index (χ1n) is 5.02. The third-order valence-electron chi connectivity index (χ3n) is 2.18. The molecule has 0 atom stereocenters. The van der Waals surface area contributed by atoms with E-state index in [1.807, 2.05) is 0 Å². The quantitative estimate of drug-likeness (QED) is 0.529. The van der Waals surface area contributed by atoms with Crippen molar-refractivity contribution in [1.29, 1.82) is 0 Å². The molecular weight excluding hydrogens is 289 g/mol. The minimum Gasteiger partial charge on any atom is -0.465 e. The lowest BCUT2D eigenvalue weighted by Crippen LogP contribution is -2.34. The van der Waals surface area contributed by atoms with E-state index in [1.54, 1.807) is 13.8 Å². The molecule has 0 radical (unpaired) electrons. The van der Waals surface area contributed by atoms with Crippen molar-refractivity contribution in [1.82, 2.24) is 3.94 Å². The van der Waals surface area contributed by atoms with E-state index in [4.69, 9.17) is 23.6 Å². The van der Waals surface area contributed by atoms with Crippen molar-refractivity contribution in [2.75, 3.05) is 18.1 Å². The Morgan fingerprint density at radius 3 is 2.24 bits per heavy atom. The molecule has 0 bridgehead atoms. The minimum absolute atomic E-state index is 0.0583. The summed E-state index contributed by atoms with van der Waals surface area (Å²) in [6.45, 7) is 4.57. The van der Waals surface area contributed by atoms with Crippen molar-refractivity contribution in [2.24, 2.45) is 0 Å². The Kier molecular flexibility index (Phi) is 6.76. The van der Waals surface area contributed by atoms with Gasteiger partial charge in [-0.2, -0.15) is 0 Å². The molecule has 0 heterocycles. The van der Waals surface area contributed by atoms with Crippen LogP contribution in [0.25, 0.3) is 0 Å². The summed E-state index contributed by atoms with van der Waals surface area (Å²) in [5.74, 6) is -0.738. The van der Waals surface area contributed by atoms with Gasteiger partial charge in [0.1, 0.15) is 6.61 Å². The minimum atomic E-state index is -3.27. The number of hydrogen-bond acceptors (Lipinski definition) is 5. The summed E-state index contributed by atoms with van der Waals surface area (Å²) < 4.78 is 28.7. The first-order valence-corrected chi connectivity index (χ1v) is 7.52. The lowest BCUT2D eigenvalue weighted by atomic mass is 10.0. The number of nitrogens with zero attached hydrogens (tertiary/aromatic N) is 1. The zero-order valence-corrected chi connectivity index (χ0v) is 12.4. The van der Waals surface area contributed by atoms with Gasteiger partial charge < -0.3 is 4.74 Å². The van der Waals surface area contributed by atoms with E-state index in [2.05, 4.69) is 4.74 Å². The van der Waals surface area contributed by atoms with E-state index in [-0.39, 0.29) is 18.1 Å². The van der Waals surface area contributed by atoms with E-state index >= 15 is 0 Å². The van der Waals surface area contributed by atoms with Crippen LogP contribution >= 0.6 is 23.6 Å². The summed E-state index contributed by atoms with van der Waals surface area (Å²) in [4.78, 5) is 10.5. The summed E-state index contributed by atoms with van der Waals surface area (Å²) in [6.07, 6.45) is 0.294. The number of hydrogen-bond donors (Lipinski definition) is 0. The molecule has 0 fully saturated rings. The molecule has 0 spiro atoms. The maximum Gasteiger partial charge on any atom is 0.302 e. The van der Waals surface area contributed by atoms with Gasteiger partial charge in [-0.05, 0) is 43.8 Å². The zero-order valence-electron chi connectivity index (χ0n) is 10.1. The summed E-state index contributed by atoms with van der Waals surface area (Å²) in [7, 11) is -3.27. The monoisotopic (exact) mass is 305 g/mol. The smallest absolute Gasteiger partial charge is 0.302 e. The van der Waals surface area contributed by atoms with Crippen molar-refractivity contribution in [3.63, 3.8) is 0 Å². The zero-order chi connectivity index (χ0) is 13.7. The van der Waals surface area contributed by atoms with Crippen LogP contribution in [-0.2, 0) is 19.4 Å². The lowest BCUT2D eigenvalue weighted by molar-refractivity contribution is -0.140. The first-order chi connectivity index (χ1) is 7.57. The second kappa shape index (κ2) is 6.78. The van der Waals surface area contributed by atoms with Crippen LogP contribution in [0.15, 0.2) is 0 Å². The average molecular weight is 306 g/mol. The standard InChI is InChI=1S/C9H17Cl2NO4S/c1-8(13)16-5-7-17(14,15)6-4-9(2,3)12(10)11/h4-7H2,1-3H3. The molecule has 0 aromatic rings. The van der Waals surface area contributed by atoms with E-state index in [1.165, 1.54) is 6.92 Å². The number of esters is 1. The fourth-order valence-corrected chi connectivity index (χ4v) is 2.43. The second-order valence-corrected chi connectivity index (χ2v) is 7.44. The SMILES string of the molecule is CC(=O)OCCS(=O)(=O)CCC(C)(C)N(Cl)Cl. The van der Waals surface area contributed by atoms with Crippen LogP contribution in [0.5, 0.6) is 0 Å². The Morgan fingerprint density at radius 1 is 1.29 bits per heavy atom. The molecule has 0 aliphatic heterocycles. The molecule has 0 unspecified atom stereocenters. The number of ether oxygens (including phenoxy) is 1. The molecule has 0 saturated heterocycles. The van der Waals surface area contributed by atoms with Gasteiger partial charge in [-0.3, -0.25) is 4.79 Å². The molecule has 0 amide bonds. The van der Waals surface area contributed by atoms with Crippen LogP contribution in [-0.4, -0.2) is 42.0 Å². The highest BCUT2D eigenvalue weighted by Gasteiger charge is 2.27. The highest BCUT2D eigenvalue weighted by atomic mass is 35.5. The summed E-state index contributed by atoms with van der Waals surface area (Å²) in [6, 6.07) is 0. The van der Waals surface area contributed by atoms with Gasteiger partial charge in [0.25, 0.3) is 0 Å². The van der Waals surface area contributed by atoms with E-state index in [0.717, 1.165) is 3.94 Å². The van der Waals surface area contributed by atoms with E-state index in [0.29, 0.717) is 6.42 Å². The summed E-state index contributed by atoms with van der Waals surface area (Å²) in [5.41, 5.74) is -0.627. The van der Waals surface area contributed by atoms with Crippen LogP contribution < -0.4 is 0 Å². The fourth-order valence-electron chi connectivity index (χ4n) is 0.904.